The second kappa shape index (κ2) is 10.1. The maximum absolute atomic E-state index is 13.8. The number of halogens is 1. The van der Waals surface area contributed by atoms with E-state index >= 15 is 0 Å². The van der Waals surface area contributed by atoms with Gasteiger partial charge in [-0.2, -0.15) is 0 Å². The van der Waals surface area contributed by atoms with Crippen LogP contribution < -0.4 is 10.6 Å². The fourth-order valence-electron chi connectivity index (χ4n) is 4.06. The first-order chi connectivity index (χ1) is 16.4. The van der Waals surface area contributed by atoms with Crippen molar-refractivity contribution in [1.29, 1.82) is 0 Å². The zero-order valence-corrected chi connectivity index (χ0v) is 20.1. The Morgan fingerprint density at radius 3 is 2.29 bits per heavy atom. The quantitative estimate of drug-likeness (QED) is 0.277. The fourth-order valence-corrected chi connectivity index (χ4v) is 4.32. The first kappa shape index (κ1) is 23.4. The highest BCUT2D eigenvalue weighted by atomic mass is 79.9. The van der Waals surface area contributed by atoms with Crippen LogP contribution in [0.25, 0.3) is 0 Å². The molecule has 3 aromatic rings. The van der Waals surface area contributed by atoms with Gasteiger partial charge in [-0.1, -0.05) is 76.6 Å². The molecule has 0 saturated carbocycles. The third-order valence-electron chi connectivity index (χ3n) is 5.66. The van der Waals surface area contributed by atoms with Crippen LogP contribution in [0.4, 0.5) is 5.69 Å². The van der Waals surface area contributed by atoms with E-state index in [1.165, 1.54) is 0 Å². The average Bonchev–Trinajstić information content (AvgIpc) is 3.12. The molecule has 6 nitrogen and oxygen atoms in total. The number of hydrogen-bond donors (Lipinski definition) is 1. The molecule has 0 bridgehead atoms. The van der Waals surface area contributed by atoms with Crippen LogP contribution in [0.1, 0.15) is 34.3 Å². The summed E-state index contributed by atoms with van der Waals surface area (Å²) < 4.78 is 6.18. The number of anilines is 1. The summed E-state index contributed by atoms with van der Waals surface area (Å²) in [5, 5.41) is 0. The molecule has 0 aliphatic carbocycles. The van der Waals surface area contributed by atoms with Crippen molar-refractivity contribution in [3.63, 3.8) is 0 Å². The number of carbonyl (C=O) groups excluding carboxylic acids is 3. The SMILES string of the molecule is CCOC(=O)/C(=C(\N)C(=O)c1ccccc1)C1C(=O)N(Cc2ccc(Br)cc2)c2ccccc21. The number of para-hydroxylation sites is 1. The highest BCUT2D eigenvalue weighted by Gasteiger charge is 2.43. The molecule has 7 heteroatoms. The maximum atomic E-state index is 13.8. The Labute approximate surface area is 206 Å². The van der Waals surface area contributed by atoms with Crippen molar-refractivity contribution >= 4 is 39.3 Å². The predicted octanol–water partition coefficient (Wildman–Crippen LogP) is 4.74. The predicted molar refractivity (Wildman–Crippen MR) is 133 cm³/mol. The van der Waals surface area contributed by atoms with Crippen LogP contribution >= 0.6 is 15.9 Å². The van der Waals surface area contributed by atoms with Crippen LogP contribution in [0.3, 0.4) is 0 Å². The van der Waals surface area contributed by atoms with Crippen LogP contribution in [0.15, 0.2) is 94.6 Å². The van der Waals surface area contributed by atoms with Crippen LogP contribution in [0.2, 0.25) is 0 Å². The third-order valence-corrected chi connectivity index (χ3v) is 6.19. The van der Waals surface area contributed by atoms with E-state index in [1.54, 1.807) is 54.3 Å². The monoisotopic (exact) mass is 518 g/mol. The van der Waals surface area contributed by atoms with Crippen molar-refractivity contribution in [3.8, 4) is 0 Å². The van der Waals surface area contributed by atoms with Gasteiger partial charge in [-0.3, -0.25) is 9.59 Å². The number of nitrogens with two attached hydrogens (primary N) is 1. The van der Waals surface area contributed by atoms with Gasteiger partial charge in [0.05, 0.1) is 30.3 Å². The van der Waals surface area contributed by atoms with E-state index in [9.17, 15) is 14.4 Å². The number of fused-ring (bicyclic) bond motifs is 1. The number of allylic oxidation sites excluding steroid dienone is 1. The topological polar surface area (TPSA) is 89.7 Å². The van der Waals surface area contributed by atoms with Crippen molar-refractivity contribution in [2.24, 2.45) is 5.73 Å². The zero-order chi connectivity index (χ0) is 24.2. The van der Waals surface area contributed by atoms with Crippen molar-refractivity contribution in [2.45, 2.75) is 19.4 Å². The second-order valence-electron chi connectivity index (χ2n) is 7.79. The van der Waals surface area contributed by atoms with E-state index in [-0.39, 0.29) is 23.8 Å². The number of carbonyl (C=O) groups is 3. The Kier molecular flexibility index (Phi) is 6.93. The molecule has 2 N–H and O–H groups in total. The van der Waals surface area contributed by atoms with Crippen LogP contribution in [0.5, 0.6) is 0 Å². The minimum atomic E-state index is -1.04. The first-order valence-corrected chi connectivity index (χ1v) is 11.6. The smallest absolute Gasteiger partial charge is 0.337 e. The van der Waals surface area contributed by atoms with Gasteiger partial charge in [0.25, 0.3) is 0 Å². The molecule has 0 aromatic heterocycles. The molecule has 0 fully saturated rings. The number of nitrogens with zero attached hydrogens (tertiary/aromatic N) is 1. The summed E-state index contributed by atoms with van der Waals surface area (Å²) in [6, 6.07) is 23.3. The van der Waals surface area contributed by atoms with Crippen LogP contribution in [0, 0.1) is 0 Å². The highest BCUT2D eigenvalue weighted by Crippen LogP contribution is 2.43. The number of rotatable bonds is 7. The number of Topliss-reactive ketones (excluding diaryl/α,β-unsaturated/α-hetero) is 1. The van der Waals surface area contributed by atoms with Gasteiger partial charge in [0.2, 0.25) is 11.7 Å². The molecule has 1 atom stereocenters. The van der Waals surface area contributed by atoms with Crippen molar-refractivity contribution < 1.29 is 19.1 Å². The van der Waals surface area contributed by atoms with E-state index < -0.39 is 17.7 Å². The van der Waals surface area contributed by atoms with E-state index in [1.807, 2.05) is 36.4 Å². The molecule has 1 heterocycles. The lowest BCUT2D eigenvalue weighted by atomic mass is 9.89. The Balaban J connectivity index is 1.81. The molecule has 3 aromatic carbocycles. The lowest BCUT2D eigenvalue weighted by Gasteiger charge is -2.19. The van der Waals surface area contributed by atoms with Gasteiger partial charge in [0.15, 0.2) is 0 Å². The molecule has 1 aliphatic heterocycles. The number of esters is 1. The highest BCUT2D eigenvalue weighted by molar-refractivity contribution is 9.10. The van der Waals surface area contributed by atoms with Crippen molar-refractivity contribution in [2.75, 3.05) is 11.5 Å². The van der Waals surface area contributed by atoms with Crippen LogP contribution in [-0.4, -0.2) is 24.3 Å². The van der Waals surface area contributed by atoms with Crippen molar-refractivity contribution in [1.82, 2.24) is 0 Å². The molecule has 1 amide bonds. The Hall–Kier alpha value is -3.71. The van der Waals surface area contributed by atoms with Gasteiger partial charge in [0, 0.05) is 15.7 Å². The van der Waals surface area contributed by atoms with Crippen molar-refractivity contribution in [3.05, 3.63) is 111 Å². The summed E-state index contributed by atoms with van der Waals surface area (Å²) in [5.41, 5.74) is 8.39. The van der Waals surface area contributed by atoms with Gasteiger partial charge in [-0.15, -0.1) is 0 Å². The molecule has 1 unspecified atom stereocenters. The molecule has 1 aliphatic rings. The number of benzene rings is 3. The molecule has 0 spiro atoms. The van der Waals surface area contributed by atoms with E-state index in [2.05, 4.69) is 15.9 Å². The zero-order valence-electron chi connectivity index (χ0n) is 18.5. The minimum absolute atomic E-state index is 0.0836. The summed E-state index contributed by atoms with van der Waals surface area (Å²) in [7, 11) is 0. The molecular formula is C27H23BrN2O4. The lowest BCUT2D eigenvalue weighted by molar-refractivity contribution is -0.139. The second-order valence-corrected chi connectivity index (χ2v) is 8.70. The Morgan fingerprint density at radius 2 is 1.62 bits per heavy atom. The molecule has 0 radical (unpaired) electrons. The summed E-state index contributed by atoms with van der Waals surface area (Å²) in [5.74, 6) is -2.68. The third kappa shape index (κ3) is 4.52. The first-order valence-electron chi connectivity index (χ1n) is 10.8. The van der Waals surface area contributed by atoms with Gasteiger partial charge in [-0.25, -0.2) is 4.79 Å². The minimum Gasteiger partial charge on any atom is -0.463 e. The fraction of sp³-hybridized carbons (Fsp3) is 0.148. The van der Waals surface area contributed by atoms with Crippen LogP contribution in [-0.2, 0) is 20.9 Å². The van der Waals surface area contributed by atoms with E-state index in [4.69, 9.17) is 10.5 Å². The molecular weight excluding hydrogens is 496 g/mol. The number of hydrogen-bond acceptors (Lipinski definition) is 5. The van der Waals surface area contributed by atoms with Gasteiger partial charge >= 0.3 is 5.97 Å². The number of ether oxygens (including phenoxy) is 1. The summed E-state index contributed by atoms with van der Waals surface area (Å²) in [6.45, 7) is 2.05. The molecule has 34 heavy (non-hydrogen) atoms. The Bertz CT molecular complexity index is 1270. The normalized spacial score (nSPS) is 15.5. The molecule has 0 saturated heterocycles. The summed E-state index contributed by atoms with van der Waals surface area (Å²) >= 11 is 3.42. The van der Waals surface area contributed by atoms with E-state index in [0.717, 1.165) is 10.0 Å². The standard InChI is InChI=1S/C27H23BrN2O4/c1-2-34-27(33)23(24(29)25(31)18-8-4-3-5-9-18)22-20-10-6-7-11-21(20)30(26(22)32)16-17-12-14-19(28)15-13-17/h3-15,22H,2,16,29H2,1H3/b24-23-. The van der Waals surface area contributed by atoms with E-state index in [0.29, 0.717) is 23.4 Å². The molecule has 172 valence electrons. The number of ketones is 1. The molecule has 4 rings (SSSR count). The summed E-state index contributed by atoms with van der Waals surface area (Å²) in [6.07, 6.45) is 0. The van der Waals surface area contributed by atoms with Gasteiger partial charge < -0.3 is 15.4 Å². The van der Waals surface area contributed by atoms with Gasteiger partial charge in [0.1, 0.15) is 0 Å². The largest absolute Gasteiger partial charge is 0.463 e. The lowest BCUT2D eigenvalue weighted by Crippen LogP contribution is -2.32. The number of amides is 1. The van der Waals surface area contributed by atoms with Gasteiger partial charge in [-0.05, 0) is 36.2 Å². The maximum Gasteiger partial charge on any atom is 0.337 e. The Morgan fingerprint density at radius 1 is 0.971 bits per heavy atom. The average molecular weight is 519 g/mol. The summed E-state index contributed by atoms with van der Waals surface area (Å²) in [4.78, 5) is 41.6.